The maximum absolute atomic E-state index is 6.06. The molecule has 8 heteroatoms. The molecule has 1 heterocycles. The molecule has 0 radical (unpaired) electrons. The molecule has 0 aliphatic carbocycles. The molecule has 0 fully saturated rings. The van der Waals surface area contributed by atoms with Crippen molar-refractivity contribution in [2.75, 3.05) is 19.5 Å². The minimum Gasteiger partial charge on any atom is -0.497 e. The zero-order valence-electron chi connectivity index (χ0n) is 13.6. The second kappa shape index (κ2) is 8.73. The van der Waals surface area contributed by atoms with E-state index in [0.29, 0.717) is 29.7 Å². The Morgan fingerprint density at radius 1 is 1.12 bits per heavy atom. The number of methoxy groups -OCH3 is 1. The largest absolute Gasteiger partial charge is 0.497 e. The van der Waals surface area contributed by atoms with E-state index in [0.717, 1.165) is 16.5 Å². The first-order chi connectivity index (χ1) is 12.3. The molecule has 25 heavy (non-hydrogen) atoms. The van der Waals surface area contributed by atoms with Crippen molar-refractivity contribution < 1.29 is 9.47 Å². The summed E-state index contributed by atoms with van der Waals surface area (Å²) in [6.07, 6.45) is 0. The fraction of sp³-hybridized carbons (Fsp3) is 0.235. The zero-order valence-corrected chi connectivity index (χ0v) is 15.2. The summed E-state index contributed by atoms with van der Waals surface area (Å²) < 4.78 is 12.6. The van der Waals surface area contributed by atoms with Gasteiger partial charge in [0.25, 0.3) is 0 Å². The molecule has 0 spiro atoms. The van der Waals surface area contributed by atoms with Crippen LogP contribution in [-0.2, 0) is 6.54 Å². The van der Waals surface area contributed by atoms with Gasteiger partial charge in [-0.05, 0) is 40.3 Å². The lowest BCUT2D eigenvalue weighted by atomic mass is 10.2. The molecule has 3 rings (SSSR count). The molecular weight excluding hydrogens is 360 g/mol. The van der Waals surface area contributed by atoms with E-state index in [4.69, 9.17) is 21.1 Å². The molecule has 1 aromatic heterocycles. The first-order valence-electron chi connectivity index (χ1n) is 7.65. The molecule has 0 aliphatic rings. The van der Waals surface area contributed by atoms with Crippen LogP contribution in [-0.4, -0.2) is 39.7 Å². The van der Waals surface area contributed by atoms with Crippen LogP contribution in [0, 0.1) is 0 Å². The molecule has 3 aromatic rings. The normalized spacial score (nSPS) is 10.6. The summed E-state index contributed by atoms with van der Waals surface area (Å²) in [5.74, 6) is 2.23. The zero-order chi connectivity index (χ0) is 17.5. The molecule has 0 saturated carbocycles. The van der Waals surface area contributed by atoms with Crippen molar-refractivity contribution in [1.29, 1.82) is 0 Å². The van der Waals surface area contributed by atoms with Gasteiger partial charge >= 0.3 is 0 Å². The third-order valence-electron chi connectivity index (χ3n) is 3.40. The van der Waals surface area contributed by atoms with Crippen molar-refractivity contribution in [2.45, 2.75) is 11.7 Å². The quantitative estimate of drug-likeness (QED) is 0.442. The lowest BCUT2D eigenvalue weighted by Crippen LogP contribution is -2.06. The molecule has 130 valence electrons. The third kappa shape index (κ3) is 4.87. The Morgan fingerprint density at radius 2 is 1.92 bits per heavy atom. The Kier molecular flexibility index (Phi) is 6.14. The third-order valence-corrected chi connectivity index (χ3v) is 4.63. The molecular formula is C17H17ClN4O2S. The smallest absolute Gasteiger partial charge is 0.209 e. The fourth-order valence-electron chi connectivity index (χ4n) is 2.15. The highest BCUT2D eigenvalue weighted by molar-refractivity contribution is 7.99. The molecule has 0 unspecified atom stereocenters. The van der Waals surface area contributed by atoms with Crippen LogP contribution >= 0.6 is 23.4 Å². The number of halogens is 1. The minimum absolute atomic E-state index is 0.518. The van der Waals surface area contributed by atoms with Gasteiger partial charge in [-0.25, -0.2) is 4.68 Å². The number of benzene rings is 2. The summed E-state index contributed by atoms with van der Waals surface area (Å²) in [5.41, 5.74) is 1.10. The van der Waals surface area contributed by atoms with E-state index in [9.17, 15) is 0 Å². The van der Waals surface area contributed by atoms with Crippen LogP contribution in [0.25, 0.3) is 0 Å². The van der Waals surface area contributed by atoms with Gasteiger partial charge in [-0.1, -0.05) is 47.6 Å². The fourth-order valence-corrected chi connectivity index (χ4v) is 3.03. The monoisotopic (exact) mass is 376 g/mol. The van der Waals surface area contributed by atoms with Crippen molar-refractivity contribution in [3.05, 3.63) is 59.1 Å². The summed E-state index contributed by atoms with van der Waals surface area (Å²) in [4.78, 5) is 0. The van der Waals surface area contributed by atoms with E-state index < -0.39 is 0 Å². The number of para-hydroxylation sites is 1. The second-order valence-corrected chi connectivity index (χ2v) is 6.56. The van der Waals surface area contributed by atoms with Gasteiger partial charge in [0.1, 0.15) is 11.5 Å². The molecule has 6 nitrogen and oxygen atoms in total. The van der Waals surface area contributed by atoms with Gasteiger partial charge in [0.05, 0.1) is 25.3 Å². The van der Waals surface area contributed by atoms with Crippen molar-refractivity contribution in [3.63, 3.8) is 0 Å². The summed E-state index contributed by atoms with van der Waals surface area (Å²) in [7, 11) is 1.65. The van der Waals surface area contributed by atoms with Gasteiger partial charge in [-0.2, -0.15) is 0 Å². The van der Waals surface area contributed by atoms with E-state index in [-0.39, 0.29) is 0 Å². The van der Waals surface area contributed by atoms with Crippen LogP contribution in [0.3, 0.4) is 0 Å². The Bertz CT molecular complexity index is 810. The van der Waals surface area contributed by atoms with Gasteiger partial charge in [-0.3, -0.25) is 0 Å². The van der Waals surface area contributed by atoms with E-state index >= 15 is 0 Å². The predicted octanol–water partition coefficient (Wildman–Crippen LogP) is 3.55. The van der Waals surface area contributed by atoms with Crippen molar-refractivity contribution in [2.24, 2.45) is 0 Å². The molecule has 0 atom stereocenters. The number of nitrogens with zero attached hydrogens (tertiary/aromatic N) is 4. The number of ether oxygens (including phenoxy) is 2. The second-order valence-electron chi connectivity index (χ2n) is 5.09. The molecule has 0 amide bonds. The maximum Gasteiger partial charge on any atom is 0.209 e. The van der Waals surface area contributed by atoms with Crippen LogP contribution in [0.15, 0.2) is 53.7 Å². The molecule has 2 aromatic carbocycles. The Morgan fingerprint density at radius 3 is 2.68 bits per heavy atom. The van der Waals surface area contributed by atoms with Crippen molar-refractivity contribution >= 4 is 23.4 Å². The highest BCUT2D eigenvalue weighted by Crippen LogP contribution is 2.24. The number of hydrogen-bond donors (Lipinski definition) is 0. The van der Waals surface area contributed by atoms with Gasteiger partial charge in [0.15, 0.2) is 0 Å². The number of hydrogen-bond acceptors (Lipinski definition) is 6. The Hall–Kier alpha value is -2.25. The van der Waals surface area contributed by atoms with Crippen LogP contribution in [0.5, 0.6) is 11.5 Å². The number of aromatic nitrogens is 4. The average molecular weight is 377 g/mol. The first-order valence-corrected chi connectivity index (χ1v) is 9.02. The van der Waals surface area contributed by atoms with Crippen LogP contribution in [0.1, 0.15) is 5.56 Å². The lowest BCUT2D eigenvalue weighted by Gasteiger charge is -2.08. The molecule has 0 N–H and O–H groups in total. The molecule has 0 saturated heterocycles. The van der Waals surface area contributed by atoms with Gasteiger partial charge < -0.3 is 9.47 Å². The number of thioether (sulfide) groups is 1. The van der Waals surface area contributed by atoms with Crippen molar-refractivity contribution in [1.82, 2.24) is 20.2 Å². The van der Waals surface area contributed by atoms with E-state index in [2.05, 4.69) is 15.5 Å². The highest BCUT2D eigenvalue weighted by Gasteiger charge is 2.08. The SMILES string of the molecule is COc1ccc(Cn2nnnc2SCCOc2ccccc2Cl)cc1. The van der Waals surface area contributed by atoms with E-state index in [1.807, 2.05) is 42.5 Å². The number of tetrazole rings is 1. The standard InChI is InChI=1S/C17H17ClN4O2S/c1-23-14-8-6-13(7-9-14)12-22-17(19-20-21-22)25-11-10-24-16-5-3-2-4-15(16)18/h2-9H,10-12H2,1H3. The first kappa shape index (κ1) is 17.6. The Labute approximate surface area is 155 Å². The predicted molar refractivity (Wildman–Crippen MR) is 97.6 cm³/mol. The summed E-state index contributed by atoms with van der Waals surface area (Å²) in [6, 6.07) is 15.3. The topological polar surface area (TPSA) is 62.1 Å². The van der Waals surface area contributed by atoms with Gasteiger partial charge in [0, 0.05) is 5.75 Å². The minimum atomic E-state index is 0.518. The van der Waals surface area contributed by atoms with Crippen LogP contribution in [0.2, 0.25) is 5.02 Å². The van der Waals surface area contributed by atoms with Crippen molar-refractivity contribution in [3.8, 4) is 11.5 Å². The lowest BCUT2D eigenvalue weighted by molar-refractivity contribution is 0.344. The van der Waals surface area contributed by atoms with Gasteiger partial charge in [0.2, 0.25) is 5.16 Å². The molecule has 0 bridgehead atoms. The van der Waals surface area contributed by atoms with Gasteiger partial charge in [-0.15, -0.1) is 5.10 Å². The summed E-state index contributed by atoms with van der Waals surface area (Å²) in [6.45, 7) is 1.12. The summed E-state index contributed by atoms with van der Waals surface area (Å²) >= 11 is 7.60. The molecule has 0 aliphatic heterocycles. The van der Waals surface area contributed by atoms with Crippen LogP contribution in [0.4, 0.5) is 0 Å². The highest BCUT2D eigenvalue weighted by atomic mass is 35.5. The average Bonchev–Trinajstić information content (AvgIpc) is 3.08. The number of rotatable bonds is 8. The Balaban J connectivity index is 1.52. The van der Waals surface area contributed by atoms with E-state index in [1.54, 1.807) is 17.9 Å². The van der Waals surface area contributed by atoms with Crippen LogP contribution < -0.4 is 9.47 Å². The summed E-state index contributed by atoms with van der Waals surface area (Å²) in [5, 5.41) is 13.2. The van der Waals surface area contributed by atoms with E-state index in [1.165, 1.54) is 11.8 Å². The maximum atomic E-state index is 6.06.